The molecule has 2 rings (SSSR count). The largest absolute Gasteiger partial charge is 0.468 e. The van der Waals surface area contributed by atoms with Gasteiger partial charge in [-0.05, 0) is 36.6 Å². The number of nitrogens with zero attached hydrogens (tertiary/aromatic N) is 1. The van der Waals surface area contributed by atoms with Gasteiger partial charge in [-0.2, -0.15) is 4.31 Å². The highest BCUT2D eigenvalue weighted by Gasteiger charge is 2.38. The number of methoxy groups -OCH3 is 1. The maximum atomic E-state index is 12.3. The molecule has 1 heterocycles. The normalized spacial score (nSPS) is 20.0. The van der Waals surface area contributed by atoms with Crippen molar-refractivity contribution in [3.05, 3.63) is 40.3 Å². The maximum Gasteiger partial charge on any atom is 0.324 e. The maximum absolute atomic E-state index is 12.3. The molecule has 0 saturated carbocycles. The van der Waals surface area contributed by atoms with Crippen LogP contribution in [0.1, 0.15) is 18.4 Å². The number of carbonyl (C=O) groups excluding carboxylic acids is 1. The molecule has 0 aromatic heterocycles. The van der Waals surface area contributed by atoms with E-state index in [9.17, 15) is 13.2 Å². The summed E-state index contributed by atoms with van der Waals surface area (Å²) in [6.07, 6.45) is 2.62. The van der Waals surface area contributed by atoms with Crippen LogP contribution < -0.4 is 0 Å². The van der Waals surface area contributed by atoms with E-state index in [-0.39, 0.29) is 0 Å². The van der Waals surface area contributed by atoms with Gasteiger partial charge in [0.05, 0.1) is 7.11 Å². The molecular formula is C14H16ClNO4S. The number of rotatable bonds is 4. The Bertz CT molecular complexity index is 639. The lowest BCUT2D eigenvalue weighted by atomic mass is 10.2. The fourth-order valence-electron chi connectivity index (χ4n) is 2.23. The van der Waals surface area contributed by atoms with Crippen molar-refractivity contribution in [2.24, 2.45) is 0 Å². The molecule has 1 unspecified atom stereocenters. The minimum absolute atomic E-state index is 0.326. The number of halogens is 1. The van der Waals surface area contributed by atoms with Gasteiger partial charge < -0.3 is 4.74 Å². The molecule has 7 heteroatoms. The predicted octanol–water partition coefficient (Wildman–Crippen LogP) is 2.28. The minimum atomic E-state index is -3.65. The van der Waals surface area contributed by atoms with E-state index in [4.69, 9.17) is 11.6 Å². The summed E-state index contributed by atoms with van der Waals surface area (Å²) in [6.45, 7) is 0.326. The number of ether oxygens (including phenoxy) is 1. The molecule has 0 bridgehead atoms. The predicted molar refractivity (Wildman–Crippen MR) is 81.1 cm³/mol. The summed E-state index contributed by atoms with van der Waals surface area (Å²) >= 11 is 5.77. The summed E-state index contributed by atoms with van der Waals surface area (Å²) in [5.41, 5.74) is 0.719. The van der Waals surface area contributed by atoms with E-state index in [2.05, 4.69) is 4.74 Å². The molecule has 1 aliphatic heterocycles. The number of hydrogen-bond donors (Lipinski definition) is 0. The minimum Gasteiger partial charge on any atom is -0.468 e. The monoisotopic (exact) mass is 329 g/mol. The van der Waals surface area contributed by atoms with Gasteiger partial charge in [0.15, 0.2) is 0 Å². The summed E-state index contributed by atoms with van der Waals surface area (Å²) < 4.78 is 30.5. The molecule has 1 aliphatic rings. The van der Waals surface area contributed by atoms with Crippen LogP contribution in [-0.4, -0.2) is 38.4 Å². The van der Waals surface area contributed by atoms with Crippen molar-refractivity contribution < 1.29 is 17.9 Å². The number of sulfonamides is 1. The molecule has 1 aromatic carbocycles. The number of benzene rings is 1. The van der Waals surface area contributed by atoms with Gasteiger partial charge in [0, 0.05) is 17.0 Å². The average Bonchev–Trinajstić information content (AvgIpc) is 2.96. The van der Waals surface area contributed by atoms with Gasteiger partial charge in [-0.25, -0.2) is 8.42 Å². The molecule has 0 aliphatic carbocycles. The van der Waals surface area contributed by atoms with Gasteiger partial charge in [0.1, 0.15) is 6.04 Å². The molecule has 21 heavy (non-hydrogen) atoms. The van der Waals surface area contributed by atoms with Crippen LogP contribution in [0.15, 0.2) is 29.7 Å². The summed E-state index contributed by atoms with van der Waals surface area (Å²) in [7, 11) is -2.39. The molecule has 1 fully saturated rings. The van der Waals surface area contributed by atoms with E-state index in [0.29, 0.717) is 24.4 Å². The van der Waals surface area contributed by atoms with Gasteiger partial charge in [-0.1, -0.05) is 23.7 Å². The van der Waals surface area contributed by atoms with Crippen LogP contribution in [0.4, 0.5) is 0 Å². The van der Waals surface area contributed by atoms with Gasteiger partial charge in [-0.3, -0.25) is 4.79 Å². The van der Waals surface area contributed by atoms with Crippen LogP contribution in [0.5, 0.6) is 0 Å². The van der Waals surface area contributed by atoms with Gasteiger partial charge in [-0.15, -0.1) is 0 Å². The molecule has 0 radical (unpaired) electrons. The second kappa shape index (κ2) is 6.60. The van der Waals surface area contributed by atoms with E-state index in [0.717, 1.165) is 11.0 Å². The lowest BCUT2D eigenvalue weighted by Crippen LogP contribution is -2.40. The lowest BCUT2D eigenvalue weighted by molar-refractivity contribution is -0.144. The summed E-state index contributed by atoms with van der Waals surface area (Å²) in [4.78, 5) is 11.6. The van der Waals surface area contributed by atoms with Crippen LogP contribution in [0.2, 0.25) is 5.02 Å². The third-order valence-electron chi connectivity index (χ3n) is 3.31. The van der Waals surface area contributed by atoms with Crippen molar-refractivity contribution in [1.29, 1.82) is 0 Å². The third-order valence-corrected chi connectivity index (χ3v) is 5.13. The summed E-state index contributed by atoms with van der Waals surface area (Å²) in [5, 5.41) is 1.69. The van der Waals surface area contributed by atoms with Crippen LogP contribution in [0.25, 0.3) is 6.08 Å². The molecule has 0 spiro atoms. The summed E-state index contributed by atoms with van der Waals surface area (Å²) in [6, 6.07) is 6.07. The fourth-order valence-corrected chi connectivity index (χ4v) is 3.77. The molecule has 0 amide bonds. The van der Waals surface area contributed by atoms with Gasteiger partial charge >= 0.3 is 5.97 Å². The first-order valence-corrected chi connectivity index (χ1v) is 8.35. The summed E-state index contributed by atoms with van der Waals surface area (Å²) in [5.74, 6) is -0.518. The average molecular weight is 330 g/mol. The second-order valence-electron chi connectivity index (χ2n) is 4.69. The highest BCUT2D eigenvalue weighted by Crippen LogP contribution is 2.23. The van der Waals surface area contributed by atoms with Crippen LogP contribution in [-0.2, 0) is 19.6 Å². The van der Waals surface area contributed by atoms with Gasteiger partial charge in [0.25, 0.3) is 0 Å². The molecule has 5 nitrogen and oxygen atoms in total. The lowest BCUT2D eigenvalue weighted by Gasteiger charge is -2.20. The number of hydrogen-bond acceptors (Lipinski definition) is 4. The number of esters is 1. The molecule has 114 valence electrons. The third kappa shape index (κ3) is 3.84. The first-order chi connectivity index (χ1) is 9.94. The van der Waals surface area contributed by atoms with Gasteiger partial charge in [0.2, 0.25) is 10.0 Å². The molecular weight excluding hydrogens is 314 g/mol. The fraction of sp³-hybridized carbons (Fsp3) is 0.357. The zero-order valence-corrected chi connectivity index (χ0v) is 13.1. The first kappa shape index (κ1) is 16.0. The molecule has 1 saturated heterocycles. The molecule has 1 atom stereocenters. The van der Waals surface area contributed by atoms with E-state index < -0.39 is 22.0 Å². The van der Waals surface area contributed by atoms with E-state index >= 15 is 0 Å². The van der Waals surface area contributed by atoms with Crippen molar-refractivity contribution in [3.63, 3.8) is 0 Å². The van der Waals surface area contributed by atoms with Crippen LogP contribution in [0.3, 0.4) is 0 Å². The van der Waals surface area contributed by atoms with Crippen LogP contribution >= 0.6 is 11.6 Å². The first-order valence-electron chi connectivity index (χ1n) is 6.47. The second-order valence-corrected chi connectivity index (χ2v) is 6.90. The zero-order chi connectivity index (χ0) is 15.5. The van der Waals surface area contributed by atoms with Crippen molar-refractivity contribution in [2.45, 2.75) is 18.9 Å². The quantitative estimate of drug-likeness (QED) is 0.795. The SMILES string of the molecule is COC(=O)C1CCCN1S(=O)(=O)/C=C/c1ccc(Cl)cc1. The van der Waals surface area contributed by atoms with Crippen molar-refractivity contribution in [3.8, 4) is 0 Å². The zero-order valence-electron chi connectivity index (χ0n) is 11.5. The Morgan fingerprint density at radius 2 is 2.05 bits per heavy atom. The van der Waals surface area contributed by atoms with E-state index in [1.165, 1.54) is 17.5 Å². The Balaban J connectivity index is 2.17. The number of carbonyl (C=O) groups is 1. The van der Waals surface area contributed by atoms with Crippen molar-refractivity contribution >= 4 is 33.7 Å². The Kier molecular flexibility index (Phi) is 5.03. The Labute approximate surface area is 129 Å². The standard InChI is InChI=1S/C14H16ClNO4S/c1-20-14(17)13-3-2-9-16(13)21(18,19)10-8-11-4-6-12(15)7-5-11/h4-8,10,13H,2-3,9H2,1H3/b10-8+. The topological polar surface area (TPSA) is 63.7 Å². The highest BCUT2D eigenvalue weighted by atomic mass is 35.5. The Morgan fingerprint density at radius 3 is 2.67 bits per heavy atom. The van der Waals surface area contributed by atoms with Crippen LogP contribution in [0, 0.1) is 0 Å². The van der Waals surface area contributed by atoms with E-state index in [1.807, 2.05) is 0 Å². The Morgan fingerprint density at radius 1 is 1.38 bits per heavy atom. The van der Waals surface area contributed by atoms with E-state index in [1.54, 1.807) is 24.3 Å². The van der Waals surface area contributed by atoms with Crippen molar-refractivity contribution in [2.75, 3.05) is 13.7 Å². The molecule has 1 aromatic rings. The smallest absolute Gasteiger partial charge is 0.324 e. The highest BCUT2D eigenvalue weighted by molar-refractivity contribution is 7.92. The Hall–Kier alpha value is -1.37. The van der Waals surface area contributed by atoms with Crippen molar-refractivity contribution in [1.82, 2.24) is 4.31 Å². The molecule has 0 N–H and O–H groups in total.